The molecule has 5 nitrogen and oxygen atoms in total. The maximum atomic E-state index is 11.9. The van der Waals surface area contributed by atoms with Crippen LogP contribution in [0.5, 0.6) is 11.5 Å². The molecule has 0 radical (unpaired) electrons. The quantitative estimate of drug-likeness (QED) is 0.824. The van der Waals surface area contributed by atoms with Crippen LogP contribution in [-0.2, 0) is 0 Å². The predicted molar refractivity (Wildman–Crippen MR) is 56.6 cm³/mol. The van der Waals surface area contributed by atoms with Crippen molar-refractivity contribution in [1.29, 1.82) is 0 Å². The minimum Gasteiger partial charge on any atom is -0.504 e. The molecule has 16 heavy (non-hydrogen) atoms. The molecule has 0 spiro atoms. The average Bonchev–Trinajstić information content (AvgIpc) is 2.82. The molecule has 1 N–H and O–H groups in total. The number of aromatic nitrogens is 2. The van der Waals surface area contributed by atoms with Crippen molar-refractivity contribution in [1.82, 2.24) is 9.55 Å². The van der Waals surface area contributed by atoms with Crippen molar-refractivity contribution in [3.63, 3.8) is 0 Å². The monoisotopic (exact) mass is 218 g/mol. The summed E-state index contributed by atoms with van der Waals surface area (Å²) in [6.07, 6.45) is 4.50. The average molecular weight is 218 g/mol. The van der Waals surface area contributed by atoms with Gasteiger partial charge in [0.1, 0.15) is 6.33 Å². The Bertz CT molecular complexity index is 506. The number of hydrogen-bond acceptors (Lipinski definition) is 4. The molecule has 0 unspecified atom stereocenters. The van der Waals surface area contributed by atoms with E-state index in [9.17, 15) is 9.90 Å². The lowest BCUT2D eigenvalue weighted by Crippen LogP contribution is -2.09. The van der Waals surface area contributed by atoms with Crippen LogP contribution in [0.4, 0.5) is 0 Å². The van der Waals surface area contributed by atoms with E-state index in [1.165, 1.54) is 42.4 Å². The first kappa shape index (κ1) is 10.2. The van der Waals surface area contributed by atoms with Crippen molar-refractivity contribution in [3.05, 3.63) is 42.5 Å². The zero-order chi connectivity index (χ0) is 11.5. The molecular formula is C11H10N2O3. The summed E-state index contributed by atoms with van der Waals surface area (Å²) < 4.78 is 6.28. The van der Waals surface area contributed by atoms with Crippen LogP contribution in [-0.4, -0.2) is 27.7 Å². The molecule has 0 aliphatic carbocycles. The molecule has 82 valence electrons. The maximum absolute atomic E-state index is 11.9. The Morgan fingerprint density at radius 2 is 2.31 bits per heavy atom. The van der Waals surface area contributed by atoms with Crippen LogP contribution in [0.2, 0.25) is 0 Å². The van der Waals surface area contributed by atoms with Crippen LogP contribution in [0.3, 0.4) is 0 Å². The number of hydrogen-bond donors (Lipinski definition) is 1. The molecule has 1 aromatic carbocycles. The first-order chi connectivity index (χ1) is 7.72. The number of phenolic OH excluding ortho intramolecular Hbond substituents is 1. The van der Waals surface area contributed by atoms with Gasteiger partial charge in [0.25, 0.3) is 5.91 Å². The summed E-state index contributed by atoms with van der Waals surface area (Å²) in [7, 11) is 1.43. The summed E-state index contributed by atoms with van der Waals surface area (Å²) in [5, 5.41) is 9.39. The Balaban J connectivity index is 2.38. The minimum atomic E-state index is -0.226. The number of rotatable bonds is 2. The zero-order valence-electron chi connectivity index (χ0n) is 8.62. The van der Waals surface area contributed by atoms with Crippen molar-refractivity contribution in [2.24, 2.45) is 0 Å². The van der Waals surface area contributed by atoms with Gasteiger partial charge in [-0.25, -0.2) is 4.98 Å². The molecule has 5 heteroatoms. The molecule has 0 aliphatic heterocycles. The highest BCUT2D eigenvalue weighted by molar-refractivity contribution is 5.96. The van der Waals surface area contributed by atoms with Gasteiger partial charge in [-0.05, 0) is 18.2 Å². The number of benzene rings is 1. The topological polar surface area (TPSA) is 64.4 Å². The van der Waals surface area contributed by atoms with Crippen molar-refractivity contribution in [2.75, 3.05) is 7.11 Å². The number of ether oxygens (including phenoxy) is 1. The molecule has 0 aliphatic rings. The number of methoxy groups -OCH3 is 1. The van der Waals surface area contributed by atoms with Gasteiger partial charge in [-0.3, -0.25) is 9.36 Å². The molecule has 0 amide bonds. The first-order valence-corrected chi connectivity index (χ1v) is 4.62. The third-order valence-corrected chi connectivity index (χ3v) is 2.17. The Morgan fingerprint density at radius 3 is 2.94 bits per heavy atom. The SMILES string of the molecule is COc1cc(C(=O)n2ccnc2)ccc1O. The van der Waals surface area contributed by atoms with Crippen molar-refractivity contribution >= 4 is 5.91 Å². The third-order valence-electron chi connectivity index (χ3n) is 2.17. The Hall–Kier alpha value is -2.30. The summed E-state index contributed by atoms with van der Waals surface area (Å²) >= 11 is 0. The molecule has 0 saturated carbocycles. The standard InChI is InChI=1S/C11H10N2O3/c1-16-10-6-8(2-3-9(10)14)11(15)13-5-4-12-7-13/h2-7,14H,1H3. The number of carbonyl (C=O) groups is 1. The van der Waals surface area contributed by atoms with E-state index in [1.807, 2.05) is 0 Å². The number of carbonyl (C=O) groups excluding carboxylic acids is 1. The molecule has 0 saturated heterocycles. The van der Waals surface area contributed by atoms with Gasteiger partial charge in [0, 0.05) is 18.0 Å². The largest absolute Gasteiger partial charge is 0.504 e. The molecule has 2 aromatic rings. The Morgan fingerprint density at radius 1 is 1.50 bits per heavy atom. The lowest BCUT2D eigenvalue weighted by molar-refractivity contribution is 0.0959. The number of imidazole rings is 1. The fourth-order valence-electron chi connectivity index (χ4n) is 1.34. The van der Waals surface area contributed by atoms with Gasteiger partial charge in [0.15, 0.2) is 11.5 Å². The first-order valence-electron chi connectivity index (χ1n) is 4.62. The third kappa shape index (κ3) is 1.75. The van der Waals surface area contributed by atoms with E-state index in [4.69, 9.17) is 4.74 Å². The molecule has 1 heterocycles. The highest BCUT2D eigenvalue weighted by Gasteiger charge is 2.10. The second kappa shape index (κ2) is 4.06. The van der Waals surface area contributed by atoms with Crippen LogP contribution in [0, 0.1) is 0 Å². The predicted octanol–water partition coefficient (Wildman–Crippen LogP) is 1.29. The van der Waals surface area contributed by atoms with Crippen LogP contribution in [0.15, 0.2) is 36.9 Å². The van der Waals surface area contributed by atoms with Gasteiger partial charge in [0.05, 0.1) is 7.11 Å². The Labute approximate surface area is 91.9 Å². The van der Waals surface area contributed by atoms with Crippen LogP contribution in [0.25, 0.3) is 0 Å². The molecule has 1 aromatic heterocycles. The summed E-state index contributed by atoms with van der Waals surface area (Å²) in [5.74, 6) is 0.0476. The Kier molecular flexibility index (Phi) is 2.59. The summed E-state index contributed by atoms with van der Waals surface area (Å²) in [5.41, 5.74) is 0.424. The summed E-state index contributed by atoms with van der Waals surface area (Å²) in [4.78, 5) is 15.7. The van der Waals surface area contributed by atoms with Crippen LogP contribution >= 0.6 is 0 Å². The van der Waals surface area contributed by atoms with Gasteiger partial charge in [-0.1, -0.05) is 0 Å². The fraction of sp³-hybridized carbons (Fsp3) is 0.0909. The highest BCUT2D eigenvalue weighted by atomic mass is 16.5. The van der Waals surface area contributed by atoms with Crippen molar-refractivity contribution in [2.45, 2.75) is 0 Å². The molecule has 0 atom stereocenters. The van der Waals surface area contributed by atoms with E-state index in [0.717, 1.165) is 0 Å². The van der Waals surface area contributed by atoms with Gasteiger partial charge >= 0.3 is 0 Å². The number of nitrogens with zero attached hydrogens (tertiary/aromatic N) is 2. The van der Waals surface area contributed by atoms with Crippen LogP contribution in [0.1, 0.15) is 10.4 Å². The summed E-state index contributed by atoms with van der Waals surface area (Å²) in [6, 6.07) is 4.43. The number of aromatic hydroxyl groups is 1. The van der Waals surface area contributed by atoms with Gasteiger partial charge < -0.3 is 9.84 Å². The lowest BCUT2D eigenvalue weighted by atomic mass is 10.2. The zero-order valence-corrected chi connectivity index (χ0v) is 8.62. The van der Waals surface area contributed by atoms with Gasteiger partial charge in [-0.15, -0.1) is 0 Å². The normalized spacial score (nSPS) is 10.1. The second-order valence-electron chi connectivity index (χ2n) is 3.16. The molecule has 0 fully saturated rings. The highest BCUT2D eigenvalue weighted by Crippen LogP contribution is 2.26. The molecular weight excluding hydrogens is 208 g/mol. The van der Waals surface area contributed by atoms with Crippen molar-refractivity contribution in [3.8, 4) is 11.5 Å². The lowest BCUT2D eigenvalue weighted by Gasteiger charge is -2.05. The molecule has 2 rings (SSSR count). The van der Waals surface area contributed by atoms with Gasteiger partial charge in [-0.2, -0.15) is 0 Å². The van der Waals surface area contributed by atoms with E-state index in [0.29, 0.717) is 5.56 Å². The fourth-order valence-corrected chi connectivity index (χ4v) is 1.34. The second-order valence-corrected chi connectivity index (χ2v) is 3.16. The summed E-state index contributed by atoms with van der Waals surface area (Å²) in [6.45, 7) is 0. The van der Waals surface area contributed by atoms with Gasteiger partial charge in [0.2, 0.25) is 0 Å². The number of phenols is 1. The van der Waals surface area contributed by atoms with E-state index in [-0.39, 0.29) is 17.4 Å². The van der Waals surface area contributed by atoms with E-state index in [2.05, 4.69) is 4.98 Å². The maximum Gasteiger partial charge on any atom is 0.263 e. The van der Waals surface area contributed by atoms with Crippen molar-refractivity contribution < 1.29 is 14.6 Å². The minimum absolute atomic E-state index is 0.00433. The molecule has 0 bridgehead atoms. The van der Waals surface area contributed by atoms with Crippen LogP contribution < -0.4 is 4.74 Å². The smallest absolute Gasteiger partial charge is 0.263 e. The van der Waals surface area contributed by atoms with E-state index < -0.39 is 0 Å². The van der Waals surface area contributed by atoms with E-state index >= 15 is 0 Å². The van der Waals surface area contributed by atoms with E-state index in [1.54, 1.807) is 6.20 Å².